The van der Waals surface area contributed by atoms with Crippen LogP contribution in [0, 0.1) is 5.82 Å². The Morgan fingerprint density at radius 1 is 1.12 bits per heavy atom. The van der Waals surface area contributed by atoms with Gasteiger partial charge in [-0.05, 0) is 42.3 Å². The van der Waals surface area contributed by atoms with Gasteiger partial charge in [-0.1, -0.05) is 12.1 Å². The van der Waals surface area contributed by atoms with Gasteiger partial charge < -0.3 is 4.90 Å². The zero-order chi connectivity index (χ0) is 17.5. The van der Waals surface area contributed by atoms with Crippen molar-refractivity contribution in [3.8, 4) is 0 Å². The van der Waals surface area contributed by atoms with Crippen LogP contribution in [0.2, 0.25) is 0 Å². The molecule has 0 aromatic heterocycles. The summed E-state index contributed by atoms with van der Waals surface area (Å²) < 4.78 is 39.3. The number of anilines is 1. The van der Waals surface area contributed by atoms with Crippen LogP contribution in [0.25, 0.3) is 0 Å². The summed E-state index contributed by atoms with van der Waals surface area (Å²) in [6.07, 6.45) is 0.603. The van der Waals surface area contributed by atoms with E-state index < -0.39 is 15.8 Å². The van der Waals surface area contributed by atoms with Crippen molar-refractivity contribution in [3.63, 3.8) is 0 Å². The predicted molar refractivity (Wildman–Crippen MR) is 89.1 cm³/mol. The number of fused-ring (bicyclic) bond motifs is 1. The van der Waals surface area contributed by atoms with Crippen molar-refractivity contribution in [2.24, 2.45) is 0 Å². The highest BCUT2D eigenvalue weighted by Gasteiger charge is 2.28. The molecule has 0 atom stereocenters. The molecule has 0 unspecified atom stereocenters. The molecule has 0 bridgehead atoms. The Morgan fingerprint density at radius 3 is 2.42 bits per heavy atom. The molecule has 1 amide bonds. The Bertz CT molecular complexity index is 893. The molecule has 0 spiro atoms. The van der Waals surface area contributed by atoms with Crippen LogP contribution in [-0.4, -0.2) is 39.3 Å². The number of hydrogen-bond acceptors (Lipinski definition) is 3. The van der Waals surface area contributed by atoms with Crippen LogP contribution in [-0.2, 0) is 16.4 Å². The Balaban J connectivity index is 1.91. The first-order chi connectivity index (χ1) is 11.3. The van der Waals surface area contributed by atoms with Crippen molar-refractivity contribution in [1.82, 2.24) is 4.31 Å². The van der Waals surface area contributed by atoms with Gasteiger partial charge in [0.25, 0.3) is 5.91 Å². The van der Waals surface area contributed by atoms with Gasteiger partial charge in [0.1, 0.15) is 5.82 Å². The SMILES string of the molecule is CN(C)S(=O)(=O)c1ccc(C(=O)N2CCc3cccc(F)c32)cc1. The summed E-state index contributed by atoms with van der Waals surface area (Å²) in [7, 11) is -0.660. The van der Waals surface area contributed by atoms with E-state index in [2.05, 4.69) is 0 Å². The van der Waals surface area contributed by atoms with Crippen molar-refractivity contribution in [2.75, 3.05) is 25.5 Å². The van der Waals surface area contributed by atoms with Crippen LogP contribution in [0.3, 0.4) is 0 Å². The van der Waals surface area contributed by atoms with Crippen molar-refractivity contribution < 1.29 is 17.6 Å². The van der Waals surface area contributed by atoms with Crippen molar-refractivity contribution in [1.29, 1.82) is 0 Å². The number of halogens is 1. The lowest BCUT2D eigenvalue weighted by Crippen LogP contribution is -2.29. The summed E-state index contributed by atoms with van der Waals surface area (Å²) in [6.45, 7) is 0.410. The Hall–Kier alpha value is -2.25. The van der Waals surface area contributed by atoms with E-state index in [4.69, 9.17) is 0 Å². The molecule has 3 rings (SSSR count). The van der Waals surface area contributed by atoms with E-state index in [9.17, 15) is 17.6 Å². The van der Waals surface area contributed by atoms with Crippen LogP contribution in [0.15, 0.2) is 47.4 Å². The van der Waals surface area contributed by atoms with Gasteiger partial charge >= 0.3 is 0 Å². The fourth-order valence-electron chi connectivity index (χ4n) is 2.75. The molecule has 24 heavy (non-hydrogen) atoms. The number of para-hydroxylation sites is 1. The lowest BCUT2D eigenvalue weighted by molar-refractivity contribution is 0.0988. The van der Waals surface area contributed by atoms with Gasteiger partial charge in [0.2, 0.25) is 10.0 Å². The highest BCUT2D eigenvalue weighted by molar-refractivity contribution is 7.89. The Labute approximate surface area is 140 Å². The second kappa shape index (κ2) is 5.99. The van der Waals surface area contributed by atoms with Crippen molar-refractivity contribution in [3.05, 3.63) is 59.4 Å². The van der Waals surface area contributed by atoms with Gasteiger partial charge in [0, 0.05) is 26.2 Å². The standard InChI is InChI=1S/C17H17FN2O3S/c1-19(2)24(22,23)14-8-6-13(7-9-14)17(21)20-11-10-12-4-3-5-15(18)16(12)20/h3-9H,10-11H2,1-2H3. The van der Waals surface area contributed by atoms with E-state index in [-0.39, 0.29) is 10.8 Å². The second-order valence-electron chi connectivity index (χ2n) is 5.77. The monoisotopic (exact) mass is 348 g/mol. The average Bonchev–Trinajstić information content (AvgIpc) is 2.99. The third kappa shape index (κ3) is 2.70. The lowest BCUT2D eigenvalue weighted by atomic mass is 10.1. The molecule has 0 saturated heterocycles. The minimum absolute atomic E-state index is 0.108. The van der Waals surface area contributed by atoms with E-state index >= 15 is 0 Å². The van der Waals surface area contributed by atoms with Gasteiger partial charge in [-0.15, -0.1) is 0 Å². The van der Waals surface area contributed by atoms with Crippen LogP contribution in [0.1, 0.15) is 15.9 Å². The number of carbonyl (C=O) groups excluding carboxylic acids is 1. The van der Waals surface area contributed by atoms with Crippen LogP contribution < -0.4 is 4.90 Å². The van der Waals surface area contributed by atoms with Crippen LogP contribution in [0.5, 0.6) is 0 Å². The first-order valence-electron chi connectivity index (χ1n) is 7.44. The fourth-order valence-corrected chi connectivity index (χ4v) is 3.65. The molecule has 2 aromatic rings. The maximum atomic E-state index is 14.0. The van der Waals surface area contributed by atoms with Gasteiger partial charge in [0.15, 0.2) is 0 Å². The molecule has 1 aliphatic heterocycles. The third-order valence-electron chi connectivity index (χ3n) is 4.07. The summed E-state index contributed by atoms with van der Waals surface area (Å²) in [6, 6.07) is 10.5. The van der Waals surface area contributed by atoms with E-state index in [1.54, 1.807) is 12.1 Å². The van der Waals surface area contributed by atoms with Crippen molar-refractivity contribution in [2.45, 2.75) is 11.3 Å². The van der Waals surface area contributed by atoms with Gasteiger partial charge in [-0.3, -0.25) is 4.79 Å². The van der Waals surface area contributed by atoms with E-state index in [1.165, 1.54) is 49.3 Å². The molecule has 0 N–H and O–H groups in total. The topological polar surface area (TPSA) is 57.7 Å². The van der Waals surface area contributed by atoms with E-state index in [1.807, 2.05) is 0 Å². The molecule has 0 aliphatic carbocycles. The summed E-state index contributed by atoms with van der Waals surface area (Å²) in [5, 5.41) is 0. The number of benzene rings is 2. The zero-order valence-electron chi connectivity index (χ0n) is 13.4. The third-order valence-corrected chi connectivity index (χ3v) is 5.90. The number of hydrogen-bond donors (Lipinski definition) is 0. The average molecular weight is 348 g/mol. The molecule has 2 aromatic carbocycles. The highest BCUT2D eigenvalue weighted by Crippen LogP contribution is 2.32. The van der Waals surface area contributed by atoms with E-state index in [0.717, 1.165) is 9.87 Å². The highest BCUT2D eigenvalue weighted by atomic mass is 32.2. The first kappa shape index (κ1) is 16.6. The first-order valence-corrected chi connectivity index (χ1v) is 8.88. The fraction of sp³-hybridized carbons (Fsp3) is 0.235. The molecule has 5 nitrogen and oxygen atoms in total. The molecule has 0 saturated carbocycles. The predicted octanol–water partition coefficient (Wildman–Crippen LogP) is 2.28. The molecule has 126 valence electrons. The second-order valence-corrected chi connectivity index (χ2v) is 7.92. The van der Waals surface area contributed by atoms with Crippen LogP contribution >= 0.6 is 0 Å². The van der Waals surface area contributed by atoms with E-state index in [0.29, 0.717) is 24.2 Å². The van der Waals surface area contributed by atoms with Gasteiger partial charge in [-0.2, -0.15) is 0 Å². The number of nitrogens with zero attached hydrogens (tertiary/aromatic N) is 2. The summed E-state index contributed by atoms with van der Waals surface area (Å²) in [5.41, 5.74) is 1.44. The minimum Gasteiger partial charge on any atom is -0.305 e. The summed E-state index contributed by atoms with van der Waals surface area (Å²) in [5.74, 6) is -0.766. The Morgan fingerprint density at radius 2 is 1.79 bits per heavy atom. The van der Waals surface area contributed by atoms with Crippen LogP contribution in [0.4, 0.5) is 10.1 Å². The number of sulfonamides is 1. The maximum absolute atomic E-state index is 14.0. The Kier molecular flexibility index (Phi) is 4.15. The molecule has 1 aliphatic rings. The molecular weight excluding hydrogens is 331 g/mol. The largest absolute Gasteiger partial charge is 0.305 e. The van der Waals surface area contributed by atoms with Gasteiger partial charge in [0.05, 0.1) is 10.6 Å². The molecule has 7 heteroatoms. The van der Waals surface area contributed by atoms with Gasteiger partial charge in [-0.25, -0.2) is 17.1 Å². The number of amides is 1. The van der Waals surface area contributed by atoms with Crippen molar-refractivity contribution >= 4 is 21.6 Å². The summed E-state index contributed by atoms with van der Waals surface area (Å²) in [4.78, 5) is 14.2. The smallest absolute Gasteiger partial charge is 0.258 e. The summed E-state index contributed by atoms with van der Waals surface area (Å²) >= 11 is 0. The molecule has 0 radical (unpaired) electrons. The normalized spacial score (nSPS) is 14.1. The zero-order valence-corrected chi connectivity index (χ0v) is 14.2. The molecule has 0 fully saturated rings. The minimum atomic E-state index is -3.55. The lowest BCUT2D eigenvalue weighted by Gasteiger charge is -2.18. The number of rotatable bonds is 3. The molecular formula is C17H17FN2O3S. The number of carbonyl (C=O) groups is 1. The molecule has 1 heterocycles. The quantitative estimate of drug-likeness (QED) is 0.855. The maximum Gasteiger partial charge on any atom is 0.258 e.